The third-order valence-electron chi connectivity index (χ3n) is 5.53. The molecule has 10 heteroatoms. The number of carbonyl (C=O) groups excluding carboxylic acids is 1. The maximum absolute atomic E-state index is 12.8. The molecular weight excluding hydrogens is 428 g/mol. The van der Waals surface area contributed by atoms with Gasteiger partial charge in [-0.15, -0.1) is 10.2 Å². The van der Waals surface area contributed by atoms with Crippen molar-refractivity contribution in [2.24, 2.45) is 0 Å². The van der Waals surface area contributed by atoms with Crippen LogP contribution in [-0.4, -0.2) is 62.4 Å². The zero-order valence-corrected chi connectivity index (χ0v) is 18.8. The van der Waals surface area contributed by atoms with Crippen LogP contribution in [0.5, 0.6) is 0 Å². The minimum atomic E-state index is -0.365. The molecule has 3 aromatic rings. The van der Waals surface area contributed by atoms with E-state index in [1.54, 1.807) is 23.1 Å². The van der Waals surface area contributed by atoms with Gasteiger partial charge in [-0.2, -0.15) is 0 Å². The molecule has 4 rings (SSSR count). The van der Waals surface area contributed by atoms with Gasteiger partial charge < -0.3 is 9.80 Å². The van der Waals surface area contributed by atoms with Gasteiger partial charge >= 0.3 is 0 Å². The van der Waals surface area contributed by atoms with Crippen molar-refractivity contribution in [3.05, 3.63) is 70.0 Å². The minimum Gasteiger partial charge on any atom is -0.362 e. The van der Waals surface area contributed by atoms with Crippen molar-refractivity contribution in [2.45, 2.75) is 19.0 Å². The second kappa shape index (κ2) is 9.39. The number of carbonyl (C=O) groups is 1. The first kappa shape index (κ1) is 21.8. The highest BCUT2D eigenvalue weighted by Gasteiger charge is 2.26. The minimum absolute atomic E-state index is 0.0224. The largest absolute Gasteiger partial charge is 0.362 e. The van der Waals surface area contributed by atoms with E-state index in [0.717, 1.165) is 17.1 Å². The number of amides is 1. The second-order valence-electron chi connectivity index (χ2n) is 7.55. The van der Waals surface area contributed by atoms with E-state index < -0.39 is 0 Å². The first-order valence-corrected chi connectivity index (χ1v) is 11.3. The summed E-state index contributed by atoms with van der Waals surface area (Å²) in [5, 5.41) is 20.4. The molecule has 1 saturated heterocycles. The first-order valence-electron chi connectivity index (χ1n) is 10.3. The normalized spacial score (nSPS) is 13.9. The fourth-order valence-corrected chi connectivity index (χ4v) is 4.72. The molecule has 1 aliphatic heterocycles. The average Bonchev–Trinajstić information content (AvgIpc) is 3.18. The predicted octanol–water partition coefficient (Wildman–Crippen LogP) is 3.23. The zero-order chi connectivity index (χ0) is 22.7. The number of hydrogen-bond donors (Lipinski definition) is 0. The molecule has 166 valence electrons. The van der Waals surface area contributed by atoms with Crippen LogP contribution in [0, 0.1) is 24.0 Å². The summed E-state index contributed by atoms with van der Waals surface area (Å²) >= 11 is 1.37. The lowest BCUT2D eigenvalue weighted by atomic mass is 10.2. The molecule has 0 aliphatic carbocycles. The van der Waals surface area contributed by atoms with Crippen LogP contribution in [0.15, 0.2) is 53.7 Å². The Bertz CT molecular complexity index is 1140. The van der Waals surface area contributed by atoms with E-state index in [1.165, 1.54) is 17.8 Å². The molecule has 0 radical (unpaired) electrons. The van der Waals surface area contributed by atoms with E-state index in [4.69, 9.17) is 0 Å². The van der Waals surface area contributed by atoms with Crippen molar-refractivity contribution in [1.82, 2.24) is 19.7 Å². The van der Waals surface area contributed by atoms with Crippen LogP contribution in [0.2, 0.25) is 0 Å². The van der Waals surface area contributed by atoms with E-state index in [-0.39, 0.29) is 22.3 Å². The van der Waals surface area contributed by atoms with Gasteiger partial charge in [0.25, 0.3) is 5.69 Å². The number of aromatic nitrogens is 3. The molecule has 2 heterocycles. The number of benzene rings is 2. The van der Waals surface area contributed by atoms with Crippen LogP contribution < -0.4 is 4.90 Å². The Kier molecular flexibility index (Phi) is 6.40. The third kappa shape index (κ3) is 4.45. The van der Waals surface area contributed by atoms with Gasteiger partial charge in [0.05, 0.1) is 16.4 Å². The van der Waals surface area contributed by atoms with Crippen LogP contribution in [-0.2, 0) is 4.79 Å². The molecule has 1 aliphatic rings. The van der Waals surface area contributed by atoms with E-state index in [2.05, 4.69) is 10.2 Å². The number of anilines is 1. The summed E-state index contributed by atoms with van der Waals surface area (Å²) in [4.78, 5) is 27.5. The molecule has 1 aromatic heterocycles. The zero-order valence-electron chi connectivity index (χ0n) is 18.0. The summed E-state index contributed by atoms with van der Waals surface area (Å²) in [5.41, 5.74) is 2.80. The third-order valence-corrected chi connectivity index (χ3v) is 6.44. The molecule has 1 fully saturated rings. The quantitative estimate of drug-likeness (QED) is 0.322. The lowest BCUT2D eigenvalue weighted by Crippen LogP contribution is -2.49. The number of nitro benzene ring substituents is 1. The van der Waals surface area contributed by atoms with Gasteiger partial charge in [-0.25, -0.2) is 0 Å². The summed E-state index contributed by atoms with van der Waals surface area (Å²) in [5.74, 6) is 1.05. The monoisotopic (exact) mass is 452 g/mol. The van der Waals surface area contributed by atoms with Gasteiger partial charge in [0.2, 0.25) is 5.91 Å². The topological polar surface area (TPSA) is 97.4 Å². The van der Waals surface area contributed by atoms with Gasteiger partial charge in [-0.1, -0.05) is 42.1 Å². The predicted molar refractivity (Wildman–Crippen MR) is 123 cm³/mol. The number of nitrogens with zero attached hydrogens (tertiary/aromatic N) is 6. The Hall–Kier alpha value is -3.40. The van der Waals surface area contributed by atoms with Gasteiger partial charge in [-0.3, -0.25) is 19.5 Å². The molecule has 0 unspecified atom stereocenters. The summed E-state index contributed by atoms with van der Waals surface area (Å²) in [6, 6.07) is 14.7. The Labute approximate surface area is 190 Å². The Morgan fingerprint density at radius 1 is 1.00 bits per heavy atom. The second-order valence-corrected chi connectivity index (χ2v) is 8.50. The molecule has 1 amide bonds. The maximum Gasteiger partial charge on any atom is 0.292 e. The molecular formula is C22H24N6O3S. The summed E-state index contributed by atoms with van der Waals surface area (Å²) in [6.45, 7) is 6.08. The molecule has 0 bridgehead atoms. The van der Waals surface area contributed by atoms with Crippen molar-refractivity contribution in [3.63, 3.8) is 0 Å². The number of hydrogen-bond acceptors (Lipinski definition) is 7. The highest BCUT2D eigenvalue weighted by atomic mass is 32.2. The van der Waals surface area contributed by atoms with Gasteiger partial charge in [0.1, 0.15) is 11.5 Å². The van der Waals surface area contributed by atoms with Crippen LogP contribution in [0.25, 0.3) is 5.69 Å². The fraction of sp³-hybridized carbons (Fsp3) is 0.318. The van der Waals surface area contributed by atoms with Crippen molar-refractivity contribution in [3.8, 4) is 5.69 Å². The average molecular weight is 453 g/mol. The Morgan fingerprint density at radius 2 is 1.66 bits per heavy atom. The Morgan fingerprint density at radius 3 is 2.34 bits per heavy atom. The van der Waals surface area contributed by atoms with Crippen LogP contribution in [0.1, 0.15) is 11.4 Å². The molecule has 0 spiro atoms. The Balaban J connectivity index is 1.38. The van der Waals surface area contributed by atoms with Gasteiger partial charge in [0.15, 0.2) is 5.16 Å². The van der Waals surface area contributed by atoms with Crippen LogP contribution >= 0.6 is 11.8 Å². The van der Waals surface area contributed by atoms with E-state index in [0.29, 0.717) is 37.0 Å². The fourth-order valence-electron chi connectivity index (χ4n) is 3.83. The van der Waals surface area contributed by atoms with E-state index >= 15 is 0 Å². The first-order chi connectivity index (χ1) is 15.5. The number of nitro groups is 1. The molecule has 9 nitrogen and oxygen atoms in total. The number of thioether (sulfide) groups is 1. The standard InChI is InChI=1S/C22H24N6O3S/c1-16-7-3-4-8-18(16)27-17(2)23-24-22(27)32-15-21(29)26-13-11-25(12-14-26)19-9-5-6-10-20(19)28(30)31/h3-10H,11-15H2,1-2H3. The lowest BCUT2D eigenvalue weighted by Gasteiger charge is -2.35. The van der Waals surface area contributed by atoms with Crippen LogP contribution in [0.4, 0.5) is 11.4 Å². The summed E-state index contributed by atoms with van der Waals surface area (Å²) in [6.07, 6.45) is 0. The van der Waals surface area contributed by atoms with E-state index in [1.807, 2.05) is 47.6 Å². The highest BCUT2D eigenvalue weighted by molar-refractivity contribution is 7.99. The van der Waals surface area contributed by atoms with Crippen LogP contribution in [0.3, 0.4) is 0 Å². The van der Waals surface area contributed by atoms with Crippen molar-refractivity contribution in [2.75, 3.05) is 36.8 Å². The smallest absolute Gasteiger partial charge is 0.292 e. The van der Waals surface area contributed by atoms with Crippen molar-refractivity contribution >= 4 is 29.0 Å². The number of piperazine rings is 1. The molecule has 0 atom stereocenters. The molecule has 0 saturated carbocycles. The summed E-state index contributed by atoms with van der Waals surface area (Å²) in [7, 11) is 0. The van der Waals surface area contributed by atoms with Gasteiger partial charge in [-0.05, 0) is 31.5 Å². The molecule has 32 heavy (non-hydrogen) atoms. The number of aryl methyl sites for hydroxylation is 2. The SMILES string of the molecule is Cc1ccccc1-n1c(C)nnc1SCC(=O)N1CCN(c2ccccc2[N+](=O)[O-])CC1. The van der Waals surface area contributed by atoms with Crippen molar-refractivity contribution < 1.29 is 9.72 Å². The lowest BCUT2D eigenvalue weighted by molar-refractivity contribution is -0.384. The van der Waals surface area contributed by atoms with Crippen molar-refractivity contribution in [1.29, 1.82) is 0 Å². The number of rotatable bonds is 6. The maximum atomic E-state index is 12.8. The highest BCUT2D eigenvalue weighted by Crippen LogP contribution is 2.29. The molecule has 0 N–H and O–H groups in total. The summed E-state index contributed by atoms with van der Waals surface area (Å²) < 4.78 is 1.97. The number of para-hydroxylation sites is 3. The molecule has 2 aromatic carbocycles. The van der Waals surface area contributed by atoms with E-state index in [9.17, 15) is 14.9 Å². The van der Waals surface area contributed by atoms with Gasteiger partial charge in [0, 0.05) is 32.2 Å².